The van der Waals surface area contributed by atoms with Crippen LogP contribution in [0.1, 0.15) is 29.7 Å². The molecular formula is C25H23NO3S2. The number of rotatable bonds is 4. The highest BCUT2D eigenvalue weighted by molar-refractivity contribution is 7.90. The lowest BCUT2D eigenvalue weighted by Crippen LogP contribution is -2.17. The van der Waals surface area contributed by atoms with Gasteiger partial charge in [0.2, 0.25) is 0 Å². The average Bonchev–Trinajstić information content (AvgIpc) is 3.14. The monoisotopic (exact) mass is 449 g/mol. The lowest BCUT2D eigenvalue weighted by Gasteiger charge is -2.16. The molecule has 1 unspecified atom stereocenters. The molecule has 1 aromatic heterocycles. The summed E-state index contributed by atoms with van der Waals surface area (Å²) in [6.45, 7) is 1.94. The highest BCUT2D eigenvalue weighted by Gasteiger charge is 2.28. The molecule has 3 aromatic carbocycles. The molecule has 0 radical (unpaired) electrons. The normalized spacial score (nSPS) is 15.0. The summed E-state index contributed by atoms with van der Waals surface area (Å²) in [7, 11) is -5.04. The van der Waals surface area contributed by atoms with Crippen LogP contribution in [0.15, 0.2) is 87.5 Å². The van der Waals surface area contributed by atoms with Crippen LogP contribution in [0.5, 0.6) is 0 Å². The summed E-state index contributed by atoms with van der Waals surface area (Å²) in [6, 6.07) is 21.9. The van der Waals surface area contributed by atoms with Crippen LogP contribution in [-0.4, -0.2) is 16.6 Å². The zero-order chi connectivity index (χ0) is 21.6. The Labute approximate surface area is 185 Å². The first-order valence-corrected chi connectivity index (χ1v) is 13.0. The second-order valence-corrected chi connectivity index (χ2v) is 11.2. The molecule has 0 bridgehead atoms. The Bertz CT molecular complexity index is 1400. The third-order valence-electron chi connectivity index (χ3n) is 5.93. The molecule has 1 aliphatic carbocycles. The van der Waals surface area contributed by atoms with Crippen molar-refractivity contribution in [3.63, 3.8) is 0 Å². The van der Waals surface area contributed by atoms with Crippen molar-refractivity contribution >= 4 is 31.7 Å². The molecule has 158 valence electrons. The van der Waals surface area contributed by atoms with E-state index in [0.29, 0.717) is 15.3 Å². The fourth-order valence-electron chi connectivity index (χ4n) is 4.37. The molecule has 0 aliphatic heterocycles. The number of aromatic nitrogens is 1. The van der Waals surface area contributed by atoms with Crippen molar-refractivity contribution in [2.75, 3.05) is 0 Å². The standard InChI is InChI=1S/C25H23NO3S2/c1-18-11-14-21(15-12-18)31(28,29)26-24-10-6-5-9-22(24)23-17-20(13-16-25(23)26)30(27)19-7-3-2-4-8-19/h2-4,7-8,11-17H,5-6,9-10H2,1H3. The van der Waals surface area contributed by atoms with E-state index in [2.05, 4.69) is 0 Å². The van der Waals surface area contributed by atoms with Gasteiger partial charge in [0.25, 0.3) is 10.0 Å². The van der Waals surface area contributed by atoms with Crippen LogP contribution < -0.4 is 0 Å². The molecule has 5 rings (SSSR count). The van der Waals surface area contributed by atoms with Gasteiger partial charge in [-0.1, -0.05) is 35.9 Å². The van der Waals surface area contributed by atoms with Gasteiger partial charge in [-0.25, -0.2) is 16.6 Å². The number of fused-ring (bicyclic) bond motifs is 3. The van der Waals surface area contributed by atoms with Crippen LogP contribution in [-0.2, 0) is 33.7 Å². The van der Waals surface area contributed by atoms with Crippen LogP contribution in [0.3, 0.4) is 0 Å². The predicted molar refractivity (Wildman–Crippen MR) is 123 cm³/mol. The first-order chi connectivity index (χ1) is 15.0. The van der Waals surface area contributed by atoms with Crippen LogP contribution in [0, 0.1) is 6.92 Å². The molecule has 0 fully saturated rings. The van der Waals surface area contributed by atoms with Crippen LogP contribution in [0.4, 0.5) is 0 Å². The second-order valence-electron chi connectivity index (χ2n) is 7.98. The van der Waals surface area contributed by atoms with Gasteiger partial charge in [0, 0.05) is 20.9 Å². The van der Waals surface area contributed by atoms with E-state index in [-0.39, 0.29) is 0 Å². The minimum Gasteiger partial charge on any atom is -0.249 e. The van der Waals surface area contributed by atoms with Gasteiger partial charge in [0.05, 0.1) is 21.2 Å². The zero-order valence-electron chi connectivity index (χ0n) is 17.2. The Morgan fingerprint density at radius 3 is 2.29 bits per heavy atom. The lowest BCUT2D eigenvalue weighted by molar-refractivity contribution is 0.582. The third-order valence-corrected chi connectivity index (χ3v) is 9.07. The van der Waals surface area contributed by atoms with Crippen molar-refractivity contribution in [2.24, 2.45) is 0 Å². The van der Waals surface area contributed by atoms with Crippen molar-refractivity contribution < 1.29 is 12.6 Å². The van der Waals surface area contributed by atoms with Crippen molar-refractivity contribution in [3.8, 4) is 0 Å². The molecule has 1 aliphatic rings. The molecule has 4 nitrogen and oxygen atoms in total. The first-order valence-electron chi connectivity index (χ1n) is 10.4. The molecule has 1 heterocycles. The van der Waals surface area contributed by atoms with Crippen molar-refractivity contribution in [1.82, 2.24) is 3.97 Å². The van der Waals surface area contributed by atoms with Crippen LogP contribution in [0.2, 0.25) is 0 Å². The number of aryl methyl sites for hydroxylation is 2. The van der Waals surface area contributed by atoms with Crippen LogP contribution >= 0.6 is 0 Å². The number of hydrogen-bond acceptors (Lipinski definition) is 3. The SMILES string of the molecule is Cc1ccc(S(=O)(=O)n2c3c(c4cc(S(=O)c5ccccc5)ccc42)CCCC3)cc1. The van der Waals surface area contributed by atoms with E-state index in [0.717, 1.165) is 52.8 Å². The Kier molecular flexibility index (Phi) is 5.07. The molecule has 0 saturated carbocycles. The van der Waals surface area contributed by atoms with Gasteiger partial charge in [-0.15, -0.1) is 0 Å². The molecule has 6 heteroatoms. The first kappa shape index (κ1) is 20.2. The lowest BCUT2D eigenvalue weighted by atomic mass is 9.96. The predicted octanol–water partition coefficient (Wildman–Crippen LogP) is 5.23. The summed E-state index contributed by atoms with van der Waals surface area (Å²) < 4.78 is 41.9. The minimum atomic E-state index is -3.72. The molecule has 0 amide bonds. The number of hydrogen-bond donors (Lipinski definition) is 0. The Hall–Kier alpha value is -2.70. The van der Waals surface area contributed by atoms with Gasteiger partial charge >= 0.3 is 0 Å². The maximum absolute atomic E-state index is 13.6. The molecule has 0 N–H and O–H groups in total. The van der Waals surface area contributed by atoms with Gasteiger partial charge in [-0.3, -0.25) is 0 Å². The summed E-state index contributed by atoms with van der Waals surface area (Å²) >= 11 is 0. The molecular weight excluding hydrogens is 426 g/mol. The Morgan fingerprint density at radius 1 is 0.839 bits per heavy atom. The van der Waals surface area contributed by atoms with Crippen LogP contribution in [0.25, 0.3) is 10.9 Å². The molecule has 0 spiro atoms. The van der Waals surface area contributed by atoms with Crippen molar-refractivity contribution in [3.05, 3.63) is 89.6 Å². The summed E-state index contributed by atoms with van der Waals surface area (Å²) in [6.07, 6.45) is 3.56. The average molecular weight is 450 g/mol. The van der Waals surface area contributed by atoms with Crippen molar-refractivity contribution in [1.29, 1.82) is 0 Å². The quantitative estimate of drug-likeness (QED) is 0.429. The minimum absolute atomic E-state index is 0.292. The maximum Gasteiger partial charge on any atom is 0.268 e. The summed E-state index contributed by atoms with van der Waals surface area (Å²) in [5, 5.41) is 0.896. The van der Waals surface area contributed by atoms with E-state index in [1.807, 2.05) is 61.5 Å². The molecule has 31 heavy (non-hydrogen) atoms. The summed E-state index contributed by atoms with van der Waals surface area (Å²) in [4.78, 5) is 1.72. The van der Waals surface area contributed by atoms with Gasteiger partial charge < -0.3 is 0 Å². The van der Waals surface area contributed by atoms with E-state index < -0.39 is 20.8 Å². The van der Waals surface area contributed by atoms with Gasteiger partial charge in [-0.05, 0) is 80.6 Å². The third kappa shape index (κ3) is 3.44. The van der Waals surface area contributed by atoms with E-state index in [1.54, 1.807) is 18.2 Å². The largest absolute Gasteiger partial charge is 0.268 e. The topological polar surface area (TPSA) is 56.1 Å². The smallest absolute Gasteiger partial charge is 0.249 e. The zero-order valence-corrected chi connectivity index (χ0v) is 18.9. The Balaban J connectivity index is 1.71. The summed E-state index contributed by atoms with van der Waals surface area (Å²) in [5.74, 6) is 0. The number of benzene rings is 3. The van der Waals surface area contributed by atoms with Gasteiger partial charge in [0.1, 0.15) is 0 Å². The Morgan fingerprint density at radius 2 is 1.55 bits per heavy atom. The van der Waals surface area contributed by atoms with E-state index >= 15 is 0 Å². The highest BCUT2D eigenvalue weighted by atomic mass is 32.2. The fraction of sp³-hybridized carbons (Fsp3) is 0.200. The molecule has 0 saturated heterocycles. The number of nitrogens with zero attached hydrogens (tertiary/aromatic N) is 1. The maximum atomic E-state index is 13.6. The highest BCUT2D eigenvalue weighted by Crippen LogP contribution is 2.36. The molecule has 4 aromatic rings. The molecule has 1 atom stereocenters. The van der Waals surface area contributed by atoms with Gasteiger partial charge in [0.15, 0.2) is 0 Å². The fourth-order valence-corrected chi connectivity index (χ4v) is 7.06. The second kappa shape index (κ2) is 7.77. The van der Waals surface area contributed by atoms with E-state index in [1.165, 1.54) is 3.97 Å². The van der Waals surface area contributed by atoms with E-state index in [9.17, 15) is 12.6 Å². The van der Waals surface area contributed by atoms with Crippen molar-refractivity contribution in [2.45, 2.75) is 47.3 Å². The van der Waals surface area contributed by atoms with E-state index in [4.69, 9.17) is 0 Å². The van der Waals surface area contributed by atoms with Gasteiger partial charge in [-0.2, -0.15) is 0 Å². The summed E-state index contributed by atoms with van der Waals surface area (Å²) in [5.41, 5.74) is 3.63.